The highest BCUT2D eigenvalue weighted by Gasteiger charge is 2.41. The standard InChI is InChI=1S/C53H42N4O/c1-3-5-29-53(4-2)46-28-15-34(33-54)30-45(46)42-26-24-40(31-47(42)53)37-18-16-35(17-19-37)36-20-22-39(23-21-36)51-55-50(38-11-7-6-8-12-38)56-52(57-51)41-25-27-44-43-13-9-10-14-48(43)58-49(44)32-41/h6-24,26,28,30-32H,3-5,25,27,29H2,1-2H3. The lowest BCUT2D eigenvalue weighted by Gasteiger charge is -2.31. The van der Waals surface area contributed by atoms with Gasteiger partial charge in [-0.3, -0.25) is 0 Å². The second-order valence-corrected chi connectivity index (χ2v) is 15.6. The molecule has 0 bridgehead atoms. The summed E-state index contributed by atoms with van der Waals surface area (Å²) in [4.78, 5) is 15.0. The zero-order valence-electron chi connectivity index (χ0n) is 32.8. The lowest BCUT2D eigenvalue weighted by atomic mass is 9.72. The first-order chi connectivity index (χ1) is 28.5. The number of nitrogens with zero attached hydrogens (tertiary/aromatic N) is 4. The van der Waals surface area contributed by atoms with E-state index < -0.39 is 0 Å². The van der Waals surface area contributed by atoms with E-state index in [2.05, 4.69) is 117 Å². The molecule has 0 N–H and O–H groups in total. The number of hydrogen-bond donors (Lipinski definition) is 0. The van der Waals surface area contributed by atoms with Gasteiger partial charge in [0.2, 0.25) is 0 Å². The second kappa shape index (κ2) is 14.6. The van der Waals surface area contributed by atoms with Gasteiger partial charge in [-0.2, -0.15) is 5.26 Å². The maximum atomic E-state index is 9.69. The van der Waals surface area contributed by atoms with Crippen LogP contribution in [-0.4, -0.2) is 15.0 Å². The summed E-state index contributed by atoms with van der Waals surface area (Å²) in [5.41, 5.74) is 15.7. The van der Waals surface area contributed by atoms with Crippen molar-refractivity contribution in [2.24, 2.45) is 0 Å². The molecule has 0 aliphatic heterocycles. The average molecular weight is 751 g/mol. The van der Waals surface area contributed by atoms with Gasteiger partial charge < -0.3 is 4.42 Å². The van der Waals surface area contributed by atoms with E-state index >= 15 is 0 Å². The topological polar surface area (TPSA) is 75.6 Å². The zero-order chi connectivity index (χ0) is 39.2. The number of aryl methyl sites for hydroxylation is 1. The lowest BCUT2D eigenvalue weighted by molar-refractivity contribution is 0.447. The minimum absolute atomic E-state index is 0.0427. The van der Waals surface area contributed by atoms with Gasteiger partial charge in [-0.05, 0) is 101 Å². The van der Waals surface area contributed by atoms with E-state index in [1.807, 2.05) is 48.5 Å². The molecule has 0 radical (unpaired) electrons. The van der Waals surface area contributed by atoms with E-state index in [-0.39, 0.29) is 5.41 Å². The van der Waals surface area contributed by atoms with Crippen LogP contribution in [-0.2, 0) is 11.8 Å². The first-order valence-electron chi connectivity index (χ1n) is 20.5. The molecule has 280 valence electrons. The summed E-state index contributed by atoms with van der Waals surface area (Å²) in [5, 5.41) is 10.9. The molecule has 0 spiro atoms. The molecule has 0 amide bonds. The van der Waals surface area contributed by atoms with Gasteiger partial charge >= 0.3 is 0 Å². The van der Waals surface area contributed by atoms with Gasteiger partial charge in [0.05, 0.1) is 11.6 Å². The van der Waals surface area contributed by atoms with Crippen LogP contribution in [0.3, 0.4) is 0 Å². The van der Waals surface area contributed by atoms with Crippen molar-refractivity contribution in [2.75, 3.05) is 0 Å². The Hall–Kier alpha value is -6.90. The summed E-state index contributed by atoms with van der Waals surface area (Å²) in [5.74, 6) is 2.87. The quantitative estimate of drug-likeness (QED) is 0.147. The van der Waals surface area contributed by atoms with E-state index in [4.69, 9.17) is 19.4 Å². The summed E-state index contributed by atoms with van der Waals surface area (Å²) >= 11 is 0. The van der Waals surface area contributed by atoms with Gasteiger partial charge in [0.15, 0.2) is 17.5 Å². The Morgan fingerprint density at radius 2 is 1.24 bits per heavy atom. The number of aromatic nitrogens is 3. The fourth-order valence-corrected chi connectivity index (χ4v) is 9.25. The Morgan fingerprint density at radius 1 is 0.603 bits per heavy atom. The molecule has 5 heteroatoms. The monoisotopic (exact) mass is 750 g/mol. The van der Waals surface area contributed by atoms with Gasteiger partial charge in [-0.15, -0.1) is 0 Å². The maximum Gasteiger partial charge on any atom is 0.164 e. The van der Waals surface area contributed by atoms with E-state index in [1.54, 1.807) is 0 Å². The number of nitriles is 1. The molecular formula is C53H42N4O. The number of para-hydroxylation sites is 1. The van der Waals surface area contributed by atoms with Crippen molar-refractivity contribution < 1.29 is 4.42 Å². The molecule has 10 rings (SSSR count). The molecule has 2 heterocycles. The molecule has 0 fully saturated rings. The number of benzene rings is 6. The highest BCUT2D eigenvalue weighted by atomic mass is 16.3. The molecule has 8 aromatic rings. The summed E-state index contributed by atoms with van der Waals surface area (Å²) in [6.45, 7) is 4.58. The third-order valence-electron chi connectivity index (χ3n) is 12.4. The normalized spacial score (nSPS) is 15.4. The molecule has 1 unspecified atom stereocenters. The number of rotatable bonds is 9. The van der Waals surface area contributed by atoms with Crippen LogP contribution in [0.25, 0.3) is 78.8 Å². The molecule has 0 saturated carbocycles. The molecular weight excluding hydrogens is 709 g/mol. The first-order valence-corrected chi connectivity index (χ1v) is 20.5. The molecule has 5 nitrogen and oxygen atoms in total. The average Bonchev–Trinajstić information content (AvgIpc) is 3.80. The van der Waals surface area contributed by atoms with Gasteiger partial charge in [0.25, 0.3) is 0 Å². The lowest BCUT2D eigenvalue weighted by Crippen LogP contribution is -2.24. The summed E-state index contributed by atoms with van der Waals surface area (Å²) < 4.78 is 6.27. The van der Waals surface area contributed by atoms with Crippen LogP contribution in [0.15, 0.2) is 144 Å². The largest absolute Gasteiger partial charge is 0.456 e. The van der Waals surface area contributed by atoms with Gasteiger partial charge in [0, 0.05) is 33.1 Å². The number of unbranched alkanes of at least 4 members (excludes halogenated alkanes) is 1. The summed E-state index contributed by atoms with van der Waals surface area (Å²) in [6.07, 6.45) is 8.25. The summed E-state index contributed by atoms with van der Waals surface area (Å²) in [6, 6.07) is 51.4. The zero-order valence-corrected chi connectivity index (χ0v) is 32.8. The van der Waals surface area contributed by atoms with Crippen LogP contribution >= 0.6 is 0 Å². The van der Waals surface area contributed by atoms with Gasteiger partial charge in [-0.25, -0.2) is 15.0 Å². The molecule has 58 heavy (non-hydrogen) atoms. The SMILES string of the molecule is CCCCC1(CC)c2ccc(C#N)cc2-c2ccc(-c3ccc(-c4ccc(-c5nc(C6=Cc7oc8ccccc8c7CC6)nc(-c6ccccc6)n5)cc4)cc3)cc21. The molecule has 2 aliphatic rings. The Bertz CT molecular complexity index is 2920. The number of hydrogen-bond acceptors (Lipinski definition) is 5. The predicted octanol–water partition coefficient (Wildman–Crippen LogP) is 13.5. The smallest absolute Gasteiger partial charge is 0.164 e. The highest BCUT2D eigenvalue weighted by Crippen LogP contribution is 2.54. The molecule has 2 aromatic heterocycles. The van der Waals surface area contributed by atoms with Crippen LogP contribution in [0.5, 0.6) is 0 Å². The third kappa shape index (κ3) is 6.04. The van der Waals surface area contributed by atoms with E-state index in [0.717, 1.165) is 83.3 Å². The number of allylic oxidation sites excluding steroid dienone is 1. The van der Waals surface area contributed by atoms with Gasteiger partial charge in [0.1, 0.15) is 11.3 Å². The minimum atomic E-state index is -0.0427. The fourth-order valence-electron chi connectivity index (χ4n) is 9.25. The van der Waals surface area contributed by atoms with Crippen molar-refractivity contribution in [3.05, 3.63) is 173 Å². The van der Waals surface area contributed by atoms with Crippen molar-refractivity contribution >= 4 is 22.6 Å². The highest BCUT2D eigenvalue weighted by molar-refractivity contribution is 5.91. The minimum Gasteiger partial charge on any atom is -0.456 e. The van der Waals surface area contributed by atoms with Crippen molar-refractivity contribution in [2.45, 2.75) is 57.8 Å². The van der Waals surface area contributed by atoms with Crippen LogP contribution < -0.4 is 0 Å². The predicted molar refractivity (Wildman–Crippen MR) is 235 cm³/mol. The Kier molecular flexibility index (Phi) is 8.91. The molecule has 0 saturated heterocycles. The van der Waals surface area contributed by atoms with Crippen LogP contribution in [0.4, 0.5) is 0 Å². The van der Waals surface area contributed by atoms with Crippen molar-refractivity contribution in [3.8, 4) is 62.2 Å². The summed E-state index contributed by atoms with van der Waals surface area (Å²) in [7, 11) is 0. The van der Waals surface area contributed by atoms with E-state index in [9.17, 15) is 5.26 Å². The second-order valence-electron chi connectivity index (χ2n) is 15.6. The van der Waals surface area contributed by atoms with E-state index in [1.165, 1.54) is 44.3 Å². The third-order valence-corrected chi connectivity index (χ3v) is 12.4. The first kappa shape index (κ1) is 35.5. The van der Waals surface area contributed by atoms with Crippen LogP contribution in [0.1, 0.15) is 79.8 Å². The van der Waals surface area contributed by atoms with Crippen LogP contribution in [0.2, 0.25) is 0 Å². The van der Waals surface area contributed by atoms with Crippen molar-refractivity contribution in [1.29, 1.82) is 5.26 Å². The molecule has 2 aliphatic carbocycles. The maximum absolute atomic E-state index is 9.69. The van der Waals surface area contributed by atoms with Gasteiger partial charge in [-0.1, -0.05) is 142 Å². The Balaban J connectivity index is 0.956. The van der Waals surface area contributed by atoms with Crippen LogP contribution in [0, 0.1) is 11.3 Å². The fraction of sp³-hybridized carbons (Fsp3) is 0.170. The molecule has 6 aromatic carbocycles. The number of furan rings is 1. The Labute approximate surface area is 339 Å². The number of fused-ring (bicyclic) bond motifs is 6. The van der Waals surface area contributed by atoms with Crippen molar-refractivity contribution in [1.82, 2.24) is 15.0 Å². The Morgan fingerprint density at radius 3 is 1.95 bits per heavy atom. The molecule has 1 atom stereocenters. The van der Waals surface area contributed by atoms with E-state index in [0.29, 0.717) is 17.5 Å². The van der Waals surface area contributed by atoms with Crippen molar-refractivity contribution in [3.63, 3.8) is 0 Å².